The molecule has 8 heteroatoms. The number of carbonyl (C=O) groups is 1. The van der Waals surface area contributed by atoms with Crippen molar-refractivity contribution >= 4 is 11.6 Å². The van der Waals surface area contributed by atoms with Crippen LogP contribution in [-0.4, -0.2) is 48.4 Å². The molecule has 0 aliphatic rings. The standard InChI is InChI=1S/C13H17F3N2O3/c1-2-21-10-5-3-4-9(17)11(10)12(20)18(6-7-19)8-13(14,15)16/h3-5,19H,2,6-8,17H2,1H3. The third-order valence-corrected chi connectivity index (χ3v) is 2.60. The number of anilines is 1. The molecule has 0 radical (unpaired) electrons. The highest BCUT2D eigenvalue weighted by atomic mass is 19.4. The molecule has 3 N–H and O–H groups in total. The molecular weight excluding hydrogens is 289 g/mol. The van der Waals surface area contributed by atoms with Crippen molar-refractivity contribution in [2.75, 3.05) is 32.0 Å². The first kappa shape index (κ1) is 17.1. The Morgan fingerprint density at radius 3 is 2.62 bits per heavy atom. The fourth-order valence-corrected chi connectivity index (χ4v) is 1.80. The molecule has 1 aromatic rings. The number of hydrogen-bond donors (Lipinski definition) is 2. The quantitative estimate of drug-likeness (QED) is 0.784. The maximum absolute atomic E-state index is 12.5. The molecule has 1 aromatic carbocycles. The van der Waals surface area contributed by atoms with Gasteiger partial charge in [0.15, 0.2) is 0 Å². The van der Waals surface area contributed by atoms with Crippen LogP contribution in [0.1, 0.15) is 17.3 Å². The average molecular weight is 306 g/mol. The van der Waals surface area contributed by atoms with Crippen LogP contribution in [0.15, 0.2) is 18.2 Å². The normalized spacial score (nSPS) is 11.3. The molecule has 21 heavy (non-hydrogen) atoms. The molecule has 0 bridgehead atoms. The molecule has 0 fully saturated rings. The van der Waals surface area contributed by atoms with Gasteiger partial charge in [-0.3, -0.25) is 4.79 Å². The number of nitrogens with two attached hydrogens (primary N) is 1. The number of ether oxygens (including phenoxy) is 1. The molecule has 0 atom stereocenters. The topological polar surface area (TPSA) is 75.8 Å². The second-order valence-electron chi connectivity index (χ2n) is 4.22. The Bertz CT molecular complexity index is 492. The van der Waals surface area contributed by atoms with Gasteiger partial charge in [0.05, 0.1) is 13.2 Å². The van der Waals surface area contributed by atoms with Crippen molar-refractivity contribution in [2.24, 2.45) is 0 Å². The fourth-order valence-electron chi connectivity index (χ4n) is 1.80. The molecule has 0 aromatic heterocycles. The second-order valence-corrected chi connectivity index (χ2v) is 4.22. The summed E-state index contributed by atoms with van der Waals surface area (Å²) in [6.07, 6.45) is -4.57. The van der Waals surface area contributed by atoms with Gasteiger partial charge >= 0.3 is 6.18 Å². The number of hydrogen-bond acceptors (Lipinski definition) is 4. The summed E-state index contributed by atoms with van der Waals surface area (Å²) in [6, 6.07) is 4.40. The largest absolute Gasteiger partial charge is 0.493 e. The first-order chi connectivity index (χ1) is 9.80. The van der Waals surface area contributed by atoms with Crippen molar-refractivity contribution in [3.05, 3.63) is 23.8 Å². The minimum Gasteiger partial charge on any atom is -0.493 e. The van der Waals surface area contributed by atoms with E-state index in [1.54, 1.807) is 6.92 Å². The number of amides is 1. The Kier molecular flexibility index (Phi) is 5.83. The predicted molar refractivity (Wildman–Crippen MR) is 71.1 cm³/mol. The van der Waals surface area contributed by atoms with E-state index in [0.717, 1.165) is 0 Å². The van der Waals surface area contributed by atoms with E-state index >= 15 is 0 Å². The summed E-state index contributed by atoms with van der Waals surface area (Å²) in [5.41, 5.74) is 5.58. The summed E-state index contributed by atoms with van der Waals surface area (Å²) in [5.74, 6) is -0.810. The Morgan fingerprint density at radius 1 is 1.43 bits per heavy atom. The SMILES string of the molecule is CCOc1cccc(N)c1C(=O)N(CCO)CC(F)(F)F. The summed E-state index contributed by atoms with van der Waals surface area (Å²) < 4.78 is 42.8. The van der Waals surface area contributed by atoms with Crippen LogP contribution in [-0.2, 0) is 0 Å². The average Bonchev–Trinajstić information content (AvgIpc) is 2.36. The van der Waals surface area contributed by atoms with E-state index in [9.17, 15) is 18.0 Å². The van der Waals surface area contributed by atoms with Gasteiger partial charge in [-0.1, -0.05) is 6.07 Å². The molecule has 0 saturated carbocycles. The maximum atomic E-state index is 12.5. The summed E-state index contributed by atoms with van der Waals surface area (Å²) in [4.78, 5) is 12.8. The molecule has 1 rings (SSSR count). The molecule has 1 amide bonds. The maximum Gasteiger partial charge on any atom is 0.406 e. The number of carbonyl (C=O) groups excluding carboxylic acids is 1. The summed E-state index contributed by atoms with van der Waals surface area (Å²) in [5, 5.41) is 8.85. The number of alkyl halides is 3. The second kappa shape index (κ2) is 7.16. The van der Waals surface area contributed by atoms with Crippen LogP contribution < -0.4 is 10.5 Å². The minimum atomic E-state index is -4.57. The molecule has 0 aliphatic carbocycles. The van der Waals surface area contributed by atoms with E-state index in [-0.39, 0.29) is 23.6 Å². The first-order valence-corrected chi connectivity index (χ1v) is 6.28. The number of halogens is 3. The van der Waals surface area contributed by atoms with Crippen LogP contribution >= 0.6 is 0 Å². The molecular formula is C13H17F3N2O3. The van der Waals surface area contributed by atoms with Gasteiger partial charge in [-0.25, -0.2) is 0 Å². The molecule has 0 aliphatic heterocycles. The van der Waals surface area contributed by atoms with Crippen molar-refractivity contribution in [1.29, 1.82) is 0 Å². The van der Waals surface area contributed by atoms with E-state index in [1.807, 2.05) is 0 Å². The zero-order valence-corrected chi connectivity index (χ0v) is 11.5. The van der Waals surface area contributed by atoms with E-state index in [4.69, 9.17) is 15.6 Å². The Hall–Kier alpha value is -1.96. The lowest BCUT2D eigenvalue weighted by atomic mass is 10.1. The number of nitrogen functional groups attached to an aromatic ring is 1. The smallest absolute Gasteiger partial charge is 0.406 e. The highest BCUT2D eigenvalue weighted by molar-refractivity contribution is 6.01. The number of aliphatic hydroxyl groups excluding tert-OH is 1. The van der Waals surface area contributed by atoms with Crippen molar-refractivity contribution in [2.45, 2.75) is 13.1 Å². The number of benzene rings is 1. The number of aliphatic hydroxyl groups is 1. The van der Waals surface area contributed by atoms with Crippen molar-refractivity contribution < 1.29 is 27.8 Å². The van der Waals surface area contributed by atoms with Crippen LogP contribution in [0, 0.1) is 0 Å². The van der Waals surface area contributed by atoms with Crippen LogP contribution in [0.2, 0.25) is 0 Å². The van der Waals surface area contributed by atoms with Crippen molar-refractivity contribution in [3.63, 3.8) is 0 Å². The van der Waals surface area contributed by atoms with E-state index in [2.05, 4.69) is 0 Å². The van der Waals surface area contributed by atoms with E-state index in [0.29, 0.717) is 4.90 Å². The van der Waals surface area contributed by atoms with Crippen LogP contribution in [0.25, 0.3) is 0 Å². The zero-order chi connectivity index (χ0) is 16.0. The fraction of sp³-hybridized carbons (Fsp3) is 0.462. The van der Waals surface area contributed by atoms with Gasteiger partial charge in [-0.15, -0.1) is 0 Å². The van der Waals surface area contributed by atoms with Gasteiger partial charge in [-0.05, 0) is 19.1 Å². The lowest BCUT2D eigenvalue weighted by Crippen LogP contribution is -2.41. The highest BCUT2D eigenvalue weighted by Gasteiger charge is 2.34. The molecule has 0 unspecified atom stereocenters. The van der Waals surface area contributed by atoms with Crippen LogP contribution in [0.4, 0.5) is 18.9 Å². The molecule has 0 spiro atoms. The van der Waals surface area contributed by atoms with Gasteiger partial charge < -0.3 is 20.5 Å². The first-order valence-electron chi connectivity index (χ1n) is 6.28. The number of nitrogens with zero attached hydrogens (tertiary/aromatic N) is 1. The van der Waals surface area contributed by atoms with Gasteiger partial charge in [0.1, 0.15) is 17.9 Å². The monoisotopic (exact) mass is 306 g/mol. The predicted octanol–water partition coefficient (Wildman–Crippen LogP) is 1.66. The Morgan fingerprint density at radius 2 is 2.10 bits per heavy atom. The lowest BCUT2D eigenvalue weighted by Gasteiger charge is -2.24. The lowest BCUT2D eigenvalue weighted by molar-refractivity contribution is -0.141. The third kappa shape index (κ3) is 4.82. The number of rotatable bonds is 6. The summed E-state index contributed by atoms with van der Waals surface area (Å²) in [7, 11) is 0. The Balaban J connectivity index is 3.14. The minimum absolute atomic E-state index is 0.0241. The van der Waals surface area contributed by atoms with Crippen molar-refractivity contribution in [1.82, 2.24) is 4.90 Å². The molecule has 0 saturated heterocycles. The van der Waals surface area contributed by atoms with Gasteiger partial charge in [0.25, 0.3) is 5.91 Å². The molecule has 118 valence electrons. The van der Waals surface area contributed by atoms with Crippen molar-refractivity contribution in [3.8, 4) is 5.75 Å². The van der Waals surface area contributed by atoms with Gasteiger partial charge in [-0.2, -0.15) is 13.2 Å². The molecule has 5 nitrogen and oxygen atoms in total. The summed E-state index contributed by atoms with van der Waals surface area (Å²) in [6.45, 7) is -0.579. The van der Waals surface area contributed by atoms with E-state index in [1.165, 1.54) is 18.2 Å². The van der Waals surface area contributed by atoms with Gasteiger partial charge in [0, 0.05) is 12.2 Å². The van der Waals surface area contributed by atoms with E-state index < -0.39 is 31.8 Å². The van der Waals surface area contributed by atoms with Crippen LogP contribution in [0.5, 0.6) is 5.75 Å². The van der Waals surface area contributed by atoms with Crippen LogP contribution in [0.3, 0.4) is 0 Å². The van der Waals surface area contributed by atoms with Gasteiger partial charge in [0.2, 0.25) is 0 Å². The summed E-state index contributed by atoms with van der Waals surface area (Å²) >= 11 is 0. The zero-order valence-electron chi connectivity index (χ0n) is 11.5. The Labute approximate surface area is 120 Å². The molecule has 0 heterocycles. The third-order valence-electron chi connectivity index (χ3n) is 2.60. The highest BCUT2D eigenvalue weighted by Crippen LogP contribution is 2.27.